The van der Waals surface area contributed by atoms with Crippen LogP contribution in [0.4, 0.5) is 0 Å². The number of hydrogen-bond donors (Lipinski definition) is 1. The van der Waals surface area contributed by atoms with Crippen molar-refractivity contribution >= 4 is 17.0 Å². The summed E-state index contributed by atoms with van der Waals surface area (Å²) in [5.74, 6) is -0.480. The van der Waals surface area contributed by atoms with Gasteiger partial charge < -0.3 is 9.72 Å². The molecule has 4 rings (SSSR count). The highest BCUT2D eigenvalue weighted by Gasteiger charge is 2.19. The van der Waals surface area contributed by atoms with Crippen LogP contribution in [0.3, 0.4) is 0 Å². The summed E-state index contributed by atoms with van der Waals surface area (Å²) in [6, 6.07) is 7.32. The van der Waals surface area contributed by atoms with Gasteiger partial charge >= 0.3 is 5.97 Å². The first-order chi connectivity index (χ1) is 12.9. The molecule has 0 unspecified atom stereocenters. The number of hydrogen-bond acceptors (Lipinski definition) is 6. The van der Waals surface area contributed by atoms with Crippen LogP contribution in [-0.2, 0) is 4.74 Å². The third-order valence-corrected chi connectivity index (χ3v) is 3.81. The summed E-state index contributed by atoms with van der Waals surface area (Å²) in [6.07, 6.45) is 6.91. The zero-order valence-corrected chi connectivity index (χ0v) is 15.2. The number of pyridine rings is 2. The van der Waals surface area contributed by atoms with E-state index in [0.717, 1.165) is 16.6 Å². The lowest BCUT2D eigenvalue weighted by molar-refractivity contribution is 0.00628. The quantitative estimate of drug-likeness (QED) is 0.562. The molecule has 8 heteroatoms. The average molecular weight is 362 g/mol. The number of H-pyrrole nitrogens is 1. The first-order valence-electron chi connectivity index (χ1n) is 8.45. The summed E-state index contributed by atoms with van der Waals surface area (Å²) >= 11 is 0. The van der Waals surface area contributed by atoms with Crippen molar-refractivity contribution in [3.8, 4) is 16.9 Å². The molecule has 1 N–H and O–H groups in total. The molecule has 0 saturated heterocycles. The smallest absolute Gasteiger partial charge is 0.357 e. The monoisotopic (exact) mass is 362 g/mol. The van der Waals surface area contributed by atoms with E-state index in [1.54, 1.807) is 35.4 Å². The topological polar surface area (TPSA) is 98.6 Å². The molecule has 4 aromatic rings. The largest absolute Gasteiger partial charge is 0.455 e. The number of esters is 1. The van der Waals surface area contributed by atoms with E-state index in [1.165, 1.54) is 0 Å². The fraction of sp³-hybridized carbons (Fsp3) is 0.211. The molecule has 0 saturated carbocycles. The Morgan fingerprint density at radius 1 is 1.19 bits per heavy atom. The molecule has 0 amide bonds. The maximum Gasteiger partial charge on any atom is 0.357 e. The lowest BCUT2D eigenvalue weighted by Gasteiger charge is -2.19. The Balaban J connectivity index is 1.63. The first-order valence-corrected chi connectivity index (χ1v) is 8.45. The standard InChI is InChI=1S/C19H18N6O2/c1-19(2,3)27-18(26)15-9-14(5-7-20-15)25-11-16(23-24-25)13-8-12-4-6-21-17(12)22-10-13/h4-11H,1-3H3,(H,21,22). The Bertz CT molecular complexity index is 1120. The second kappa shape index (κ2) is 6.31. The molecule has 0 aliphatic heterocycles. The molecule has 0 aromatic carbocycles. The van der Waals surface area contributed by atoms with E-state index < -0.39 is 11.6 Å². The summed E-state index contributed by atoms with van der Waals surface area (Å²) in [7, 11) is 0. The van der Waals surface area contributed by atoms with Gasteiger partial charge in [-0.05, 0) is 45.0 Å². The van der Waals surface area contributed by atoms with E-state index in [0.29, 0.717) is 11.4 Å². The molecule has 136 valence electrons. The number of carbonyl (C=O) groups excluding carboxylic acids is 1. The number of nitrogens with zero attached hydrogens (tertiary/aromatic N) is 5. The lowest BCUT2D eigenvalue weighted by atomic mass is 10.2. The highest BCUT2D eigenvalue weighted by Crippen LogP contribution is 2.21. The van der Waals surface area contributed by atoms with Crippen LogP contribution in [0.25, 0.3) is 28.0 Å². The van der Waals surface area contributed by atoms with E-state index in [1.807, 2.05) is 39.1 Å². The first kappa shape index (κ1) is 16.9. The molecule has 0 atom stereocenters. The van der Waals surface area contributed by atoms with Crippen molar-refractivity contribution in [1.82, 2.24) is 29.9 Å². The lowest BCUT2D eigenvalue weighted by Crippen LogP contribution is -2.24. The number of aromatic nitrogens is 6. The zero-order valence-electron chi connectivity index (χ0n) is 15.2. The van der Waals surface area contributed by atoms with Crippen LogP contribution in [0.15, 0.2) is 49.1 Å². The van der Waals surface area contributed by atoms with E-state index in [4.69, 9.17) is 4.74 Å². The van der Waals surface area contributed by atoms with Crippen LogP contribution < -0.4 is 0 Å². The third kappa shape index (κ3) is 3.55. The van der Waals surface area contributed by atoms with Crippen LogP contribution in [-0.4, -0.2) is 41.5 Å². The molecule has 27 heavy (non-hydrogen) atoms. The van der Waals surface area contributed by atoms with Gasteiger partial charge in [0.05, 0.1) is 11.9 Å². The van der Waals surface area contributed by atoms with Crippen molar-refractivity contribution in [3.63, 3.8) is 0 Å². The van der Waals surface area contributed by atoms with Crippen molar-refractivity contribution in [2.75, 3.05) is 0 Å². The van der Waals surface area contributed by atoms with Crippen molar-refractivity contribution in [1.29, 1.82) is 0 Å². The number of aromatic amines is 1. The Morgan fingerprint density at radius 2 is 2.04 bits per heavy atom. The summed E-state index contributed by atoms with van der Waals surface area (Å²) < 4.78 is 6.95. The molecule has 4 heterocycles. The van der Waals surface area contributed by atoms with Gasteiger partial charge in [0.2, 0.25) is 0 Å². The van der Waals surface area contributed by atoms with E-state index in [-0.39, 0.29) is 5.69 Å². The molecule has 0 spiro atoms. The second-order valence-corrected chi connectivity index (χ2v) is 7.09. The predicted octanol–water partition coefficient (Wildman–Crippen LogP) is 3.16. The number of fused-ring (bicyclic) bond motifs is 1. The van der Waals surface area contributed by atoms with Crippen LogP contribution in [0.2, 0.25) is 0 Å². The predicted molar refractivity (Wildman–Crippen MR) is 99.4 cm³/mol. The fourth-order valence-electron chi connectivity index (χ4n) is 2.61. The molecular weight excluding hydrogens is 344 g/mol. The van der Waals surface area contributed by atoms with E-state index in [9.17, 15) is 4.79 Å². The van der Waals surface area contributed by atoms with Gasteiger partial charge in [0.1, 0.15) is 16.9 Å². The van der Waals surface area contributed by atoms with Gasteiger partial charge in [0, 0.05) is 29.5 Å². The molecule has 0 fully saturated rings. The van der Waals surface area contributed by atoms with E-state index in [2.05, 4.69) is 25.3 Å². The van der Waals surface area contributed by atoms with Gasteiger partial charge in [-0.3, -0.25) is 0 Å². The third-order valence-electron chi connectivity index (χ3n) is 3.81. The average Bonchev–Trinajstić information content (AvgIpc) is 3.29. The highest BCUT2D eigenvalue weighted by molar-refractivity contribution is 5.88. The molecule has 8 nitrogen and oxygen atoms in total. The Kier molecular flexibility index (Phi) is 3.95. The van der Waals surface area contributed by atoms with Gasteiger partial charge in [-0.15, -0.1) is 5.10 Å². The maximum atomic E-state index is 12.2. The Labute approximate surface area is 155 Å². The van der Waals surface area contributed by atoms with Crippen LogP contribution in [0.5, 0.6) is 0 Å². The normalized spacial score (nSPS) is 11.7. The molecular formula is C19H18N6O2. The molecule has 0 aliphatic carbocycles. The molecule has 4 aromatic heterocycles. The van der Waals surface area contributed by atoms with Gasteiger partial charge in [0.25, 0.3) is 0 Å². The Morgan fingerprint density at radius 3 is 2.85 bits per heavy atom. The number of carbonyl (C=O) groups is 1. The zero-order chi connectivity index (χ0) is 19.0. The minimum Gasteiger partial charge on any atom is -0.455 e. The molecule has 0 aliphatic rings. The van der Waals surface area contributed by atoms with Crippen LogP contribution in [0, 0.1) is 0 Å². The number of ether oxygens (including phenoxy) is 1. The van der Waals surface area contributed by atoms with Gasteiger partial charge in [-0.25, -0.2) is 19.4 Å². The summed E-state index contributed by atoms with van der Waals surface area (Å²) in [5.41, 5.74) is 2.66. The summed E-state index contributed by atoms with van der Waals surface area (Å²) in [5, 5.41) is 9.37. The van der Waals surface area contributed by atoms with Gasteiger partial charge in [-0.2, -0.15) is 0 Å². The second-order valence-electron chi connectivity index (χ2n) is 7.09. The minimum atomic E-state index is -0.584. The van der Waals surface area contributed by atoms with Crippen molar-refractivity contribution < 1.29 is 9.53 Å². The summed E-state index contributed by atoms with van der Waals surface area (Å²) in [4.78, 5) is 23.7. The van der Waals surface area contributed by atoms with Crippen LogP contribution >= 0.6 is 0 Å². The van der Waals surface area contributed by atoms with Gasteiger partial charge in [0.15, 0.2) is 5.69 Å². The van der Waals surface area contributed by atoms with Crippen molar-refractivity contribution in [3.05, 3.63) is 54.7 Å². The maximum absolute atomic E-state index is 12.2. The van der Waals surface area contributed by atoms with Crippen molar-refractivity contribution in [2.45, 2.75) is 26.4 Å². The highest BCUT2D eigenvalue weighted by atomic mass is 16.6. The van der Waals surface area contributed by atoms with E-state index >= 15 is 0 Å². The number of nitrogens with one attached hydrogen (secondary N) is 1. The minimum absolute atomic E-state index is 0.217. The Hall–Kier alpha value is -3.55. The molecule has 0 bridgehead atoms. The fourth-order valence-corrected chi connectivity index (χ4v) is 2.61. The van der Waals surface area contributed by atoms with Gasteiger partial charge in [-0.1, -0.05) is 5.21 Å². The van der Waals surface area contributed by atoms with Crippen LogP contribution in [0.1, 0.15) is 31.3 Å². The molecule has 0 radical (unpaired) electrons. The number of rotatable bonds is 3. The van der Waals surface area contributed by atoms with Crippen molar-refractivity contribution in [2.24, 2.45) is 0 Å². The SMILES string of the molecule is CC(C)(C)OC(=O)c1cc(-n2cc(-c3cnc4[nH]ccc4c3)nn2)ccn1. The summed E-state index contributed by atoms with van der Waals surface area (Å²) in [6.45, 7) is 5.44.